The Morgan fingerprint density at radius 1 is 1.43 bits per heavy atom. The van der Waals surface area contributed by atoms with E-state index in [0.29, 0.717) is 11.3 Å². The van der Waals surface area contributed by atoms with E-state index in [4.69, 9.17) is 14.6 Å². The molecule has 0 aliphatic carbocycles. The molecule has 1 atom stereocenters. The number of cyclic esters (lactones) is 1. The molecule has 0 saturated heterocycles. The molecule has 0 radical (unpaired) electrons. The van der Waals surface area contributed by atoms with Gasteiger partial charge in [0.25, 0.3) is 0 Å². The van der Waals surface area contributed by atoms with Crippen molar-refractivity contribution in [1.82, 2.24) is 0 Å². The van der Waals surface area contributed by atoms with Crippen LogP contribution in [0.5, 0.6) is 5.75 Å². The average Bonchev–Trinajstić information content (AvgIpc) is 2.39. The Kier molecular flexibility index (Phi) is 2.37. The first-order valence-electron chi connectivity index (χ1n) is 4.35. The van der Waals surface area contributed by atoms with Crippen molar-refractivity contribution in [2.24, 2.45) is 0 Å². The van der Waals surface area contributed by atoms with Gasteiger partial charge >= 0.3 is 5.97 Å². The Bertz CT molecular complexity index is 348. The molecule has 4 nitrogen and oxygen atoms in total. The molecule has 1 N–H and O–H groups in total. The second-order valence-electron chi connectivity index (χ2n) is 3.02. The summed E-state index contributed by atoms with van der Waals surface area (Å²) in [6.07, 6.45) is -0.574. The maximum Gasteiger partial charge on any atom is 0.342 e. The maximum atomic E-state index is 11.5. The third kappa shape index (κ3) is 1.56. The number of aliphatic hydroxyl groups excluding tert-OH is 1. The van der Waals surface area contributed by atoms with Gasteiger partial charge in [0.2, 0.25) is 0 Å². The van der Waals surface area contributed by atoms with Crippen molar-refractivity contribution in [3.8, 4) is 5.75 Å². The van der Waals surface area contributed by atoms with Gasteiger partial charge in [-0.2, -0.15) is 0 Å². The molecule has 0 bridgehead atoms. The molecule has 0 amide bonds. The van der Waals surface area contributed by atoms with Gasteiger partial charge in [0.1, 0.15) is 17.9 Å². The van der Waals surface area contributed by atoms with E-state index in [0.717, 1.165) is 0 Å². The summed E-state index contributed by atoms with van der Waals surface area (Å²) in [5.41, 5.74) is 0.406. The zero-order chi connectivity index (χ0) is 9.97. The van der Waals surface area contributed by atoms with Gasteiger partial charge < -0.3 is 14.6 Å². The Labute approximate surface area is 81.1 Å². The highest BCUT2D eigenvalue weighted by Gasteiger charge is 2.23. The maximum absolute atomic E-state index is 11.5. The fourth-order valence-electron chi connectivity index (χ4n) is 1.28. The van der Waals surface area contributed by atoms with E-state index in [1.54, 1.807) is 24.3 Å². The molecular weight excluding hydrogens is 184 g/mol. The van der Waals surface area contributed by atoms with Gasteiger partial charge in [-0.3, -0.25) is 0 Å². The predicted molar refractivity (Wildman–Crippen MR) is 48.2 cm³/mol. The van der Waals surface area contributed by atoms with Gasteiger partial charge in [0, 0.05) is 0 Å². The van der Waals surface area contributed by atoms with Gasteiger partial charge in [0.05, 0.1) is 6.61 Å². The second kappa shape index (κ2) is 3.67. The molecule has 1 aromatic carbocycles. The molecule has 0 saturated carbocycles. The Hall–Kier alpha value is -1.55. The van der Waals surface area contributed by atoms with Crippen molar-refractivity contribution in [2.45, 2.75) is 6.10 Å². The molecular formula is C10H10O4. The van der Waals surface area contributed by atoms with Crippen LogP contribution in [0, 0.1) is 0 Å². The quantitative estimate of drug-likeness (QED) is 0.665. The minimum absolute atomic E-state index is 0.194. The molecule has 2 rings (SSSR count). The summed E-state index contributed by atoms with van der Waals surface area (Å²) >= 11 is 0. The first kappa shape index (κ1) is 9.02. The molecule has 14 heavy (non-hydrogen) atoms. The van der Waals surface area contributed by atoms with E-state index in [1.165, 1.54) is 0 Å². The number of ether oxygens (including phenoxy) is 2. The topological polar surface area (TPSA) is 55.8 Å². The summed E-state index contributed by atoms with van der Waals surface area (Å²) in [7, 11) is 0. The number of para-hydroxylation sites is 1. The molecule has 4 heteroatoms. The summed E-state index contributed by atoms with van der Waals surface area (Å²) in [6.45, 7) is -0.0288. The van der Waals surface area contributed by atoms with Crippen molar-refractivity contribution in [3.63, 3.8) is 0 Å². The van der Waals surface area contributed by atoms with Crippen molar-refractivity contribution in [1.29, 1.82) is 0 Å². The average molecular weight is 194 g/mol. The first-order valence-corrected chi connectivity index (χ1v) is 4.35. The van der Waals surface area contributed by atoms with Crippen molar-refractivity contribution < 1.29 is 19.4 Å². The van der Waals surface area contributed by atoms with Gasteiger partial charge in [-0.25, -0.2) is 4.79 Å². The smallest absolute Gasteiger partial charge is 0.342 e. The zero-order valence-electron chi connectivity index (χ0n) is 7.47. The van der Waals surface area contributed by atoms with Gasteiger partial charge in [0.15, 0.2) is 6.10 Å². The van der Waals surface area contributed by atoms with Crippen LogP contribution in [-0.2, 0) is 4.74 Å². The standard InChI is InChI=1S/C10H10O4/c11-5-7-6-13-9-4-2-1-3-8(9)10(12)14-7/h1-4,7,11H,5-6H2. The SMILES string of the molecule is O=C1OC(CO)COc2ccccc21. The summed E-state index contributed by atoms with van der Waals surface area (Å²) in [4.78, 5) is 11.5. The Balaban J connectivity index is 2.31. The summed E-state index contributed by atoms with van der Waals surface area (Å²) < 4.78 is 10.3. The number of rotatable bonds is 1. The molecule has 0 fully saturated rings. The molecule has 1 heterocycles. The van der Waals surface area contributed by atoms with Gasteiger partial charge in [-0.05, 0) is 12.1 Å². The molecule has 1 aliphatic heterocycles. The molecule has 1 aromatic rings. The van der Waals surface area contributed by atoms with Crippen LogP contribution < -0.4 is 4.74 Å². The van der Waals surface area contributed by atoms with Gasteiger partial charge in [-0.1, -0.05) is 12.1 Å². The summed E-state index contributed by atoms with van der Waals surface area (Å²) in [6, 6.07) is 6.86. The minimum atomic E-state index is -0.574. The van der Waals surface area contributed by atoms with Crippen LogP contribution in [-0.4, -0.2) is 30.4 Å². The lowest BCUT2D eigenvalue weighted by atomic mass is 10.2. The largest absolute Gasteiger partial charge is 0.489 e. The molecule has 1 aliphatic rings. The number of benzene rings is 1. The first-order chi connectivity index (χ1) is 6.81. The van der Waals surface area contributed by atoms with E-state index >= 15 is 0 Å². The van der Waals surface area contributed by atoms with Crippen LogP contribution >= 0.6 is 0 Å². The summed E-state index contributed by atoms with van der Waals surface area (Å²) in [5.74, 6) is 0.0607. The fourth-order valence-corrected chi connectivity index (χ4v) is 1.28. The summed E-state index contributed by atoms with van der Waals surface area (Å²) in [5, 5.41) is 8.86. The Morgan fingerprint density at radius 3 is 3.00 bits per heavy atom. The lowest BCUT2D eigenvalue weighted by Gasteiger charge is -2.10. The van der Waals surface area contributed by atoms with E-state index in [1.807, 2.05) is 0 Å². The highest BCUT2D eigenvalue weighted by atomic mass is 16.6. The number of esters is 1. The second-order valence-corrected chi connectivity index (χ2v) is 3.02. The number of fused-ring (bicyclic) bond motifs is 1. The number of carbonyl (C=O) groups is 1. The van der Waals surface area contributed by atoms with E-state index in [-0.39, 0.29) is 13.2 Å². The molecule has 1 unspecified atom stereocenters. The third-order valence-electron chi connectivity index (χ3n) is 2.01. The van der Waals surface area contributed by atoms with E-state index < -0.39 is 12.1 Å². The molecule has 74 valence electrons. The van der Waals surface area contributed by atoms with Crippen molar-refractivity contribution in [2.75, 3.05) is 13.2 Å². The Morgan fingerprint density at radius 2 is 2.21 bits per heavy atom. The predicted octanol–water partition coefficient (Wildman–Crippen LogP) is 0.597. The van der Waals surface area contributed by atoms with E-state index in [9.17, 15) is 4.79 Å². The number of hydrogen-bond donors (Lipinski definition) is 1. The lowest BCUT2D eigenvalue weighted by molar-refractivity contribution is 0.00493. The molecule has 0 spiro atoms. The van der Waals surface area contributed by atoms with Crippen LogP contribution in [0.3, 0.4) is 0 Å². The van der Waals surface area contributed by atoms with Crippen molar-refractivity contribution >= 4 is 5.97 Å². The lowest BCUT2D eigenvalue weighted by Crippen LogP contribution is -2.25. The van der Waals surface area contributed by atoms with Crippen LogP contribution in [0.2, 0.25) is 0 Å². The van der Waals surface area contributed by atoms with E-state index in [2.05, 4.69) is 0 Å². The third-order valence-corrected chi connectivity index (χ3v) is 2.01. The zero-order valence-corrected chi connectivity index (χ0v) is 7.47. The number of carbonyl (C=O) groups excluding carboxylic acids is 1. The number of hydrogen-bond acceptors (Lipinski definition) is 4. The van der Waals surface area contributed by atoms with Crippen LogP contribution in [0.1, 0.15) is 10.4 Å². The monoisotopic (exact) mass is 194 g/mol. The minimum Gasteiger partial charge on any atom is -0.489 e. The molecule has 0 aromatic heterocycles. The highest BCUT2D eigenvalue weighted by Crippen LogP contribution is 2.22. The van der Waals surface area contributed by atoms with Crippen LogP contribution in [0.15, 0.2) is 24.3 Å². The van der Waals surface area contributed by atoms with Crippen LogP contribution in [0.4, 0.5) is 0 Å². The highest BCUT2D eigenvalue weighted by molar-refractivity contribution is 5.92. The fraction of sp³-hybridized carbons (Fsp3) is 0.300. The van der Waals surface area contributed by atoms with Crippen molar-refractivity contribution in [3.05, 3.63) is 29.8 Å². The van der Waals surface area contributed by atoms with Gasteiger partial charge in [-0.15, -0.1) is 0 Å². The normalized spacial score (nSPS) is 20.4. The van der Waals surface area contributed by atoms with Crippen LogP contribution in [0.25, 0.3) is 0 Å². The number of aliphatic hydroxyl groups is 1.